The number of rotatable bonds is 3. The predicted molar refractivity (Wildman–Crippen MR) is 62.7 cm³/mol. The molecule has 0 saturated carbocycles. The molecule has 0 heterocycles. The molecule has 0 radical (unpaired) electrons. The second-order valence-corrected chi connectivity index (χ2v) is 2.82. The minimum atomic E-state index is -0.694. The van der Waals surface area contributed by atoms with Crippen molar-refractivity contribution in [3.63, 3.8) is 0 Å². The topological polar surface area (TPSA) is 52.3 Å². The van der Waals surface area contributed by atoms with Crippen molar-refractivity contribution in [2.24, 2.45) is 5.73 Å². The van der Waals surface area contributed by atoms with Crippen molar-refractivity contribution >= 4 is 24.5 Å². The molecule has 0 aromatic heterocycles. The Kier molecular flexibility index (Phi) is 6.42. The van der Waals surface area contributed by atoms with Crippen LogP contribution in [0, 0.1) is 0 Å². The Morgan fingerprint density at radius 2 is 2.00 bits per heavy atom. The molecular weight excluding hydrogens is 214 g/mol. The van der Waals surface area contributed by atoms with Crippen molar-refractivity contribution in [2.75, 3.05) is 7.11 Å². The maximum atomic E-state index is 10.9. The summed E-state index contributed by atoms with van der Waals surface area (Å²) in [5, 5.41) is 0. The van der Waals surface area contributed by atoms with Gasteiger partial charge in [-0.15, -0.1) is 12.4 Å². The zero-order valence-corrected chi connectivity index (χ0v) is 9.24. The number of nitrogens with two attached hydrogens (primary N) is 1. The number of carbonyl (C=O) groups excluding carboxylic acids is 1. The van der Waals surface area contributed by atoms with Gasteiger partial charge in [-0.3, -0.25) is 4.79 Å². The molecule has 2 N–H and O–H groups in total. The maximum absolute atomic E-state index is 10.9. The van der Waals surface area contributed by atoms with Gasteiger partial charge in [-0.1, -0.05) is 42.5 Å². The molecule has 1 atom stereocenters. The highest BCUT2D eigenvalue weighted by Crippen LogP contribution is 2.01. The first-order valence-electron chi connectivity index (χ1n) is 4.30. The molecule has 0 aliphatic heterocycles. The largest absolute Gasteiger partial charge is 0.468 e. The quantitative estimate of drug-likeness (QED) is 0.799. The summed E-state index contributed by atoms with van der Waals surface area (Å²) >= 11 is 0. The molecule has 0 saturated heterocycles. The van der Waals surface area contributed by atoms with Crippen LogP contribution in [0.15, 0.2) is 36.4 Å². The van der Waals surface area contributed by atoms with E-state index in [2.05, 4.69) is 4.74 Å². The van der Waals surface area contributed by atoms with Crippen LogP contribution in [0.2, 0.25) is 0 Å². The molecule has 0 fully saturated rings. The van der Waals surface area contributed by atoms with Gasteiger partial charge in [-0.2, -0.15) is 0 Å². The third kappa shape index (κ3) is 4.63. The zero-order chi connectivity index (χ0) is 10.4. The summed E-state index contributed by atoms with van der Waals surface area (Å²) in [5.74, 6) is -0.433. The number of methoxy groups -OCH3 is 1. The standard InChI is InChI=1S/C11H13NO2.ClH/c1-14-11(13)10(12)8-7-9-5-3-2-4-6-9;/h2-8,10H,12H2,1H3;1H/b8-7+;. The number of benzene rings is 1. The lowest BCUT2D eigenvalue weighted by molar-refractivity contribution is -0.140. The molecule has 0 spiro atoms. The third-order valence-electron chi connectivity index (χ3n) is 1.77. The minimum absolute atomic E-state index is 0. The van der Waals surface area contributed by atoms with E-state index in [1.165, 1.54) is 7.11 Å². The highest BCUT2D eigenvalue weighted by molar-refractivity contribution is 5.85. The summed E-state index contributed by atoms with van der Waals surface area (Å²) in [6.45, 7) is 0. The Morgan fingerprint density at radius 1 is 1.40 bits per heavy atom. The number of hydrogen-bond acceptors (Lipinski definition) is 3. The average molecular weight is 228 g/mol. The van der Waals surface area contributed by atoms with Gasteiger partial charge in [0.1, 0.15) is 6.04 Å². The summed E-state index contributed by atoms with van der Waals surface area (Å²) in [6.07, 6.45) is 3.41. The predicted octanol–water partition coefficient (Wildman–Crippen LogP) is 1.62. The summed E-state index contributed by atoms with van der Waals surface area (Å²) < 4.78 is 4.49. The summed E-state index contributed by atoms with van der Waals surface area (Å²) in [5.41, 5.74) is 6.52. The molecular formula is C11H14ClNO2. The SMILES string of the molecule is COC(=O)C(N)/C=C/c1ccccc1.Cl. The van der Waals surface area contributed by atoms with Crippen LogP contribution in [0.25, 0.3) is 6.08 Å². The lowest BCUT2D eigenvalue weighted by Gasteiger charge is -2.02. The van der Waals surface area contributed by atoms with Gasteiger partial charge in [0.25, 0.3) is 0 Å². The number of esters is 1. The monoisotopic (exact) mass is 227 g/mol. The van der Waals surface area contributed by atoms with Gasteiger partial charge in [0.15, 0.2) is 0 Å². The molecule has 0 bridgehead atoms. The lowest BCUT2D eigenvalue weighted by Crippen LogP contribution is -2.28. The smallest absolute Gasteiger partial charge is 0.326 e. The molecule has 0 aliphatic rings. The number of ether oxygens (including phenoxy) is 1. The highest BCUT2D eigenvalue weighted by Gasteiger charge is 2.08. The van der Waals surface area contributed by atoms with Crippen molar-refractivity contribution in [3.8, 4) is 0 Å². The van der Waals surface area contributed by atoms with E-state index in [-0.39, 0.29) is 12.4 Å². The Balaban J connectivity index is 0.00000196. The van der Waals surface area contributed by atoms with Crippen LogP contribution in [0.4, 0.5) is 0 Å². The van der Waals surface area contributed by atoms with Gasteiger partial charge in [-0.05, 0) is 5.56 Å². The van der Waals surface area contributed by atoms with Gasteiger partial charge < -0.3 is 10.5 Å². The van der Waals surface area contributed by atoms with E-state index in [0.717, 1.165) is 5.56 Å². The van der Waals surface area contributed by atoms with Crippen LogP contribution in [-0.4, -0.2) is 19.1 Å². The van der Waals surface area contributed by atoms with Crippen LogP contribution >= 0.6 is 12.4 Å². The van der Waals surface area contributed by atoms with E-state index in [0.29, 0.717) is 0 Å². The van der Waals surface area contributed by atoms with Gasteiger partial charge in [0, 0.05) is 0 Å². The molecule has 3 nitrogen and oxygen atoms in total. The van der Waals surface area contributed by atoms with Crippen molar-refractivity contribution in [2.45, 2.75) is 6.04 Å². The molecule has 0 amide bonds. The Hall–Kier alpha value is -1.32. The number of halogens is 1. The summed E-state index contributed by atoms with van der Waals surface area (Å²) in [6, 6.07) is 8.94. The van der Waals surface area contributed by atoms with Gasteiger partial charge in [0.2, 0.25) is 0 Å². The van der Waals surface area contributed by atoms with Crippen molar-refractivity contribution in [1.82, 2.24) is 0 Å². The van der Waals surface area contributed by atoms with E-state index >= 15 is 0 Å². The third-order valence-corrected chi connectivity index (χ3v) is 1.77. The van der Waals surface area contributed by atoms with Crippen molar-refractivity contribution in [1.29, 1.82) is 0 Å². The fraction of sp³-hybridized carbons (Fsp3) is 0.182. The first-order chi connectivity index (χ1) is 6.74. The first kappa shape index (κ1) is 13.7. The fourth-order valence-electron chi connectivity index (χ4n) is 0.994. The molecule has 1 aromatic rings. The molecule has 1 aromatic carbocycles. The maximum Gasteiger partial charge on any atom is 0.326 e. The highest BCUT2D eigenvalue weighted by atomic mass is 35.5. The van der Waals surface area contributed by atoms with Crippen molar-refractivity contribution in [3.05, 3.63) is 42.0 Å². The van der Waals surface area contributed by atoms with Gasteiger partial charge >= 0.3 is 5.97 Å². The van der Waals surface area contributed by atoms with Crippen LogP contribution in [0.1, 0.15) is 5.56 Å². The van der Waals surface area contributed by atoms with Gasteiger partial charge in [-0.25, -0.2) is 0 Å². The van der Waals surface area contributed by atoms with Crippen LogP contribution in [-0.2, 0) is 9.53 Å². The number of carbonyl (C=O) groups is 1. The Morgan fingerprint density at radius 3 is 2.53 bits per heavy atom. The Labute approximate surface area is 95.3 Å². The zero-order valence-electron chi connectivity index (χ0n) is 8.42. The van der Waals surface area contributed by atoms with Crippen LogP contribution in [0.5, 0.6) is 0 Å². The van der Waals surface area contributed by atoms with Crippen molar-refractivity contribution < 1.29 is 9.53 Å². The average Bonchev–Trinajstić information content (AvgIpc) is 2.26. The summed E-state index contributed by atoms with van der Waals surface area (Å²) in [4.78, 5) is 10.9. The first-order valence-corrected chi connectivity index (χ1v) is 4.30. The molecule has 15 heavy (non-hydrogen) atoms. The van der Waals surface area contributed by atoms with E-state index in [9.17, 15) is 4.79 Å². The Bertz CT molecular complexity index is 325. The number of hydrogen-bond donors (Lipinski definition) is 1. The normalized spacial score (nSPS) is 11.9. The fourth-order valence-corrected chi connectivity index (χ4v) is 0.994. The van der Waals surface area contributed by atoms with E-state index in [4.69, 9.17) is 5.73 Å². The molecule has 1 unspecified atom stereocenters. The lowest BCUT2D eigenvalue weighted by atomic mass is 10.2. The van der Waals surface area contributed by atoms with E-state index in [1.54, 1.807) is 12.2 Å². The molecule has 1 rings (SSSR count). The molecule has 4 heteroatoms. The minimum Gasteiger partial charge on any atom is -0.468 e. The molecule has 82 valence electrons. The van der Waals surface area contributed by atoms with Gasteiger partial charge in [0.05, 0.1) is 7.11 Å². The molecule has 0 aliphatic carbocycles. The second kappa shape index (κ2) is 7.04. The second-order valence-electron chi connectivity index (χ2n) is 2.82. The van der Waals surface area contributed by atoms with E-state index < -0.39 is 12.0 Å². The van der Waals surface area contributed by atoms with Crippen LogP contribution < -0.4 is 5.73 Å². The summed E-state index contributed by atoms with van der Waals surface area (Å²) in [7, 11) is 1.32. The van der Waals surface area contributed by atoms with E-state index in [1.807, 2.05) is 30.3 Å². The van der Waals surface area contributed by atoms with Crippen LogP contribution in [0.3, 0.4) is 0 Å².